The van der Waals surface area contributed by atoms with Crippen molar-refractivity contribution in [3.63, 3.8) is 0 Å². The molecule has 0 aromatic heterocycles. The molecule has 1 heterocycles. The zero-order valence-corrected chi connectivity index (χ0v) is 14.8. The number of rotatable bonds is 4. The van der Waals surface area contributed by atoms with Crippen molar-refractivity contribution < 1.29 is 14.3 Å². The zero-order chi connectivity index (χ0) is 18.8. The Hall–Kier alpha value is -3.37. The minimum atomic E-state index is -0.117. The summed E-state index contributed by atoms with van der Waals surface area (Å²) in [5.74, 6) is 1.14. The fraction of sp³-hybridized carbons (Fsp3) is 0.0870. The molecule has 0 saturated heterocycles. The Morgan fingerprint density at radius 3 is 2.70 bits per heavy atom. The highest BCUT2D eigenvalue weighted by Gasteiger charge is 2.19. The molecule has 0 atom stereocenters. The van der Waals surface area contributed by atoms with Crippen LogP contribution in [0.15, 0.2) is 82.2 Å². The van der Waals surface area contributed by atoms with Gasteiger partial charge in [-0.25, -0.2) is 0 Å². The Kier molecular flexibility index (Phi) is 4.48. The molecule has 0 bridgehead atoms. The van der Waals surface area contributed by atoms with Crippen molar-refractivity contribution in [2.45, 2.75) is 13.5 Å². The van der Waals surface area contributed by atoms with Gasteiger partial charge in [0, 0.05) is 28.6 Å². The SMILES string of the molecule is C/C=C/Oc1ccc2c(-c3ccccc3CO)c3ccc(=O)cc-3oc2c1. The first kappa shape index (κ1) is 17.1. The third-order valence-electron chi connectivity index (χ3n) is 4.46. The second-order valence-electron chi connectivity index (χ2n) is 6.20. The van der Waals surface area contributed by atoms with Crippen molar-refractivity contribution >= 4 is 11.0 Å². The largest absolute Gasteiger partial charge is 0.465 e. The van der Waals surface area contributed by atoms with E-state index >= 15 is 0 Å². The van der Waals surface area contributed by atoms with E-state index in [1.165, 1.54) is 12.1 Å². The minimum absolute atomic E-state index is 0.0761. The monoisotopic (exact) mass is 358 g/mol. The Balaban J connectivity index is 2.09. The maximum atomic E-state index is 11.9. The summed E-state index contributed by atoms with van der Waals surface area (Å²) in [4.78, 5) is 11.9. The van der Waals surface area contributed by atoms with E-state index in [1.807, 2.05) is 43.3 Å². The van der Waals surface area contributed by atoms with Crippen LogP contribution in [-0.2, 0) is 6.61 Å². The molecule has 0 saturated carbocycles. The maximum Gasteiger partial charge on any atom is 0.182 e. The Morgan fingerprint density at radius 2 is 1.89 bits per heavy atom. The predicted octanol–water partition coefficient (Wildman–Crippen LogP) is 4.97. The van der Waals surface area contributed by atoms with Gasteiger partial charge in [0.15, 0.2) is 5.43 Å². The van der Waals surface area contributed by atoms with E-state index in [0.717, 1.165) is 27.6 Å². The molecule has 0 fully saturated rings. The van der Waals surface area contributed by atoms with E-state index in [9.17, 15) is 9.90 Å². The molecule has 4 rings (SSSR count). The summed E-state index contributed by atoms with van der Waals surface area (Å²) in [6.07, 6.45) is 3.40. The summed E-state index contributed by atoms with van der Waals surface area (Å²) in [5, 5.41) is 10.7. The van der Waals surface area contributed by atoms with Crippen molar-refractivity contribution in [1.82, 2.24) is 0 Å². The van der Waals surface area contributed by atoms with Crippen molar-refractivity contribution in [1.29, 1.82) is 0 Å². The first-order valence-electron chi connectivity index (χ1n) is 8.69. The summed E-state index contributed by atoms with van der Waals surface area (Å²) in [6.45, 7) is 1.80. The van der Waals surface area contributed by atoms with Crippen LogP contribution >= 0.6 is 0 Å². The standard InChI is InChI=1S/C23H18O4/c1-2-11-26-17-8-10-20-22(13-17)27-21-12-16(25)7-9-19(21)23(20)18-6-4-3-5-15(18)14-24/h2-13,24H,14H2,1H3/b11-2+. The van der Waals surface area contributed by atoms with Gasteiger partial charge in [0.2, 0.25) is 0 Å². The van der Waals surface area contributed by atoms with Crippen LogP contribution in [0, 0.1) is 0 Å². The molecule has 2 aliphatic rings. The van der Waals surface area contributed by atoms with Crippen LogP contribution in [0.1, 0.15) is 12.5 Å². The van der Waals surface area contributed by atoms with Gasteiger partial charge in [-0.2, -0.15) is 0 Å². The molecule has 134 valence electrons. The average Bonchev–Trinajstić information content (AvgIpc) is 2.70. The number of fused-ring (bicyclic) bond motifs is 2. The summed E-state index contributed by atoms with van der Waals surface area (Å²) in [5.41, 5.74) is 3.96. The van der Waals surface area contributed by atoms with Crippen LogP contribution in [0.4, 0.5) is 0 Å². The zero-order valence-electron chi connectivity index (χ0n) is 14.8. The van der Waals surface area contributed by atoms with E-state index in [2.05, 4.69) is 0 Å². The fourth-order valence-electron chi connectivity index (χ4n) is 3.26. The van der Waals surface area contributed by atoms with Crippen LogP contribution in [0.25, 0.3) is 33.4 Å². The number of hydrogen-bond donors (Lipinski definition) is 1. The Morgan fingerprint density at radius 1 is 1.04 bits per heavy atom. The number of aliphatic hydroxyl groups is 1. The molecular formula is C23H18O4. The second kappa shape index (κ2) is 7.09. The number of allylic oxidation sites excluding steroid dienone is 1. The van der Waals surface area contributed by atoms with E-state index in [-0.39, 0.29) is 12.0 Å². The van der Waals surface area contributed by atoms with Crippen LogP contribution in [0.5, 0.6) is 5.75 Å². The number of ether oxygens (including phenoxy) is 1. The molecule has 1 aliphatic heterocycles. The third kappa shape index (κ3) is 3.11. The first-order valence-corrected chi connectivity index (χ1v) is 8.69. The van der Waals surface area contributed by atoms with Crippen molar-refractivity contribution in [3.8, 4) is 28.2 Å². The van der Waals surface area contributed by atoms with E-state index < -0.39 is 0 Å². The van der Waals surface area contributed by atoms with Crippen LogP contribution < -0.4 is 10.2 Å². The molecule has 0 spiro atoms. The van der Waals surface area contributed by atoms with E-state index in [4.69, 9.17) is 9.15 Å². The minimum Gasteiger partial charge on any atom is -0.465 e. The number of aliphatic hydroxyl groups excluding tert-OH is 1. The van der Waals surface area contributed by atoms with Gasteiger partial charge in [-0.15, -0.1) is 0 Å². The molecule has 1 aliphatic carbocycles. The van der Waals surface area contributed by atoms with Gasteiger partial charge in [0.1, 0.15) is 17.1 Å². The van der Waals surface area contributed by atoms with Crippen molar-refractivity contribution in [2.24, 2.45) is 0 Å². The lowest BCUT2D eigenvalue weighted by molar-refractivity contribution is 0.282. The van der Waals surface area contributed by atoms with Gasteiger partial charge < -0.3 is 14.3 Å². The highest BCUT2D eigenvalue weighted by atomic mass is 16.5. The fourth-order valence-corrected chi connectivity index (χ4v) is 3.26. The quantitative estimate of drug-likeness (QED) is 0.413. The molecule has 4 nitrogen and oxygen atoms in total. The van der Waals surface area contributed by atoms with Gasteiger partial charge in [0.05, 0.1) is 12.9 Å². The van der Waals surface area contributed by atoms with Gasteiger partial charge in [-0.05, 0) is 42.3 Å². The van der Waals surface area contributed by atoms with Crippen molar-refractivity contribution in [2.75, 3.05) is 0 Å². The van der Waals surface area contributed by atoms with Crippen molar-refractivity contribution in [3.05, 3.63) is 88.8 Å². The molecule has 2 aromatic carbocycles. The highest BCUT2D eigenvalue weighted by molar-refractivity contribution is 6.02. The lowest BCUT2D eigenvalue weighted by Crippen LogP contribution is -2.01. The molecule has 4 heteroatoms. The van der Waals surface area contributed by atoms with Crippen LogP contribution in [0.3, 0.4) is 0 Å². The van der Waals surface area contributed by atoms with E-state index in [0.29, 0.717) is 17.1 Å². The predicted molar refractivity (Wildman–Crippen MR) is 106 cm³/mol. The molecular weight excluding hydrogens is 340 g/mol. The number of benzene rings is 3. The number of hydrogen-bond acceptors (Lipinski definition) is 4. The molecule has 0 radical (unpaired) electrons. The van der Waals surface area contributed by atoms with Gasteiger partial charge in [-0.3, -0.25) is 4.79 Å². The van der Waals surface area contributed by atoms with Crippen LogP contribution in [-0.4, -0.2) is 5.11 Å². The Labute approximate surface area is 156 Å². The lowest BCUT2D eigenvalue weighted by Gasteiger charge is -2.17. The molecule has 0 amide bonds. The van der Waals surface area contributed by atoms with Crippen LogP contribution in [0.2, 0.25) is 0 Å². The highest BCUT2D eigenvalue weighted by Crippen LogP contribution is 2.41. The maximum absolute atomic E-state index is 11.9. The molecule has 2 aromatic rings. The first-order chi connectivity index (χ1) is 13.2. The second-order valence-corrected chi connectivity index (χ2v) is 6.20. The summed E-state index contributed by atoms with van der Waals surface area (Å²) in [6, 6.07) is 18.1. The summed E-state index contributed by atoms with van der Waals surface area (Å²) < 4.78 is 11.6. The lowest BCUT2D eigenvalue weighted by atomic mass is 9.91. The van der Waals surface area contributed by atoms with Gasteiger partial charge in [-0.1, -0.05) is 30.3 Å². The third-order valence-corrected chi connectivity index (χ3v) is 4.46. The molecule has 0 unspecified atom stereocenters. The van der Waals surface area contributed by atoms with Gasteiger partial charge in [0.25, 0.3) is 0 Å². The molecule has 27 heavy (non-hydrogen) atoms. The van der Waals surface area contributed by atoms with Gasteiger partial charge >= 0.3 is 0 Å². The molecule has 1 N–H and O–H groups in total. The van der Waals surface area contributed by atoms with E-state index in [1.54, 1.807) is 24.5 Å². The topological polar surface area (TPSA) is 59.7 Å². The summed E-state index contributed by atoms with van der Waals surface area (Å²) >= 11 is 0. The average molecular weight is 358 g/mol. The normalized spacial score (nSPS) is 11.5. The smallest absolute Gasteiger partial charge is 0.182 e. The Bertz CT molecular complexity index is 1170. The summed E-state index contributed by atoms with van der Waals surface area (Å²) in [7, 11) is 0.